The molecule has 0 aliphatic carbocycles. The molecule has 0 saturated carbocycles. The molecule has 0 bridgehead atoms. The van der Waals surface area contributed by atoms with Crippen LogP contribution in [-0.2, 0) is 9.53 Å². The normalized spacial score (nSPS) is 23.6. The zero-order valence-electron chi connectivity index (χ0n) is 19.0. The van der Waals surface area contributed by atoms with Crippen LogP contribution in [0.3, 0.4) is 0 Å². The summed E-state index contributed by atoms with van der Waals surface area (Å²) >= 11 is 0. The molecule has 5 rings (SSSR count). The highest BCUT2D eigenvalue weighted by atomic mass is 19.3. The fraction of sp³-hybridized carbons (Fsp3) is 0.571. The third kappa shape index (κ3) is 3.59. The summed E-state index contributed by atoms with van der Waals surface area (Å²) in [4.78, 5) is 43.2. The van der Waals surface area contributed by atoms with Crippen molar-refractivity contribution < 1.29 is 27.9 Å². The summed E-state index contributed by atoms with van der Waals surface area (Å²) in [6, 6.07) is 0.981. The number of amides is 4. The topological polar surface area (TPSA) is 121 Å². The summed E-state index contributed by atoms with van der Waals surface area (Å²) in [5.74, 6) is -4.35. The number of carbonyl (C=O) groups is 3. The largest absolute Gasteiger partial charge is 0.444 e. The monoisotopic (exact) mass is 477 g/mol. The van der Waals surface area contributed by atoms with Gasteiger partial charge in [-0.2, -0.15) is 5.10 Å². The van der Waals surface area contributed by atoms with Gasteiger partial charge in [0.15, 0.2) is 5.65 Å². The van der Waals surface area contributed by atoms with Crippen LogP contribution in [0.1, 0.15) is 32.4 Å². The maximum absolute atomic E-state index is 15.3. The predicted octanol–water partition coefficient (Wildman–Crippen LogP) is 1.34. The third-order valence-electron chi connectivity index (χ3n) is 6.37. The average Bonchev–Trinajstić information content (AvgIpc) is 3.26. The summed E-state index contributed by atoms with van der Waals surface area (Å²) in [6.45, 7) is 4.41. The molecule has 4 amide bonds. The van der Waals surface area contributed by atoms with Crippen LogP contribution in [0.25, 0.3) is 5.65 Å². The maximum Gasteiger partial charge on any atom is 0.410 e. The molecule has 1 spiro atoms. The van der Waals surface area contributed by atoms with Crippen LogP contribution in [0.4, 0.5) is 24.1 Å². The van der Waals surface area contributed by atoms with Crippen LogP contribution in [0.15, 0.2) is 18.5 Å². The number of aromatic nitrogens is 3. The summed E-state index contributed by atoms with van der Waals surface area (Å²) < 4.78 is 37.3. The zero-order valence-corrected chi connectivity index (χ0v) is 19.0. The predicted molar refractivity (Wildman–Crippen MR) is 115 cm³/mol. The lowest BCUT2D eigenvalue weighted by Crippen LogP contribution is -2.66. The van der Waals surface area contributed by atoms with Gasteiger partial charge in [0.1, 0.15) is 5.60 Å². The molecule has 2 N–H and O–H groups in total. The molecule has 5 heterocycles. The molecular weight excluding hydrogens is 452 g/mol. The first-order chi connectivity index (χ1) is 15.9. The Labute approximate surface area is 193 Å². The molecule has 2 aromatic heterocycles. The second kappa shape index (κ2) is 7.24. The number of hydrogen-bond acceptors (Lipinski definition) is 7. The average molecular weight is 477 g/mol. The molecule has 0 aromatic carbocycles. The van der Waals surface area contributed by atoms with E-state index in [2.05, 4.69) is 20.7 Å². The number of rotatable bonds is 2. The molecule has 13 heteroatoms. The van der Waals surface area contributed by atoms with Gasteiger partial charge < -0.3 is 19.9 Å². The Bertz CT molecular complexity index is 1190. The van der Waals surface area contributed by atoms with Gasteiger partial charge in [-0.1, -0.05) is 0 Å². The number of imide groups is 1. The van der Waals surface area contributed by atoms with Crippen molar-refractivity contribution in [2.24, 2.45) is 5.41 Å². The number of nitrogens with zero attached hydrogens (tertiary/aromatic N) is 5. The smallest absolute Gasteiger partial charge is 0.410 e. The van der Waals surface area contributed by atoms with E-state index in [4.69, 9.17) is 4.74 Å². The molecule has 3 fully saturated rings. The molecule has 1 unspecified atom stereocenters. The van der Waals surface area contributed by atoms with Gasteiger partial charge >= 0.3 is 12.1 Å². The number of alkyl halides is 2. The van der Waals surface area contributed by atoms with Crippen molar-refractivity contribution >= 4 is 29.4 Å². The molecule has 182 valence electrons. The first kappa shape index (κ1) is 22.3. The Morgan fingerprint density at radius 2 is 1.94 bits per heavy atom. The van der Waals surface area contributed by atoms with Gasteiger partial charge in [-0.05, 0) is 26.8 Å². The first-order valence-electron chi connectivity index (χ1n) is 10.9. The van der Waals surface area contributed by atoms with Crippen molar-refractivity contribution in [3.8, 4) is 0 Å². The molecule has 3 aliphatic heterocycles. The number of imidazole rings is 1. The van der Waals surface area contributed by atoms with Crippen molar-refractivity contribution in [1.82, 2.24) is 30.1 Å². The lowest BCUT2D eigenvalue weighted by molar-refractivity contribution is -0.151. The number of urea groups is 1. The molecule has 34 heavy (non-hydrogen) atoms. The number of fused-ring (bicyclic) bond motifs is 1. The summed E-state index contributed by atoms with van der Waals surface area (Å²) in [5, 5.41) is 9.15. The molecule has 3 saturated heterocycles. The van der Waals surface area contributed by atoms with Crippen molar-refractivity contribution in [3.05, 3.63) is 24.2 Å². The van der Waals surface area contributed by atoms with Crippen LogP contribution < -0.4 is 15.5 Å². The second-order valence-corrected chi connectivity index (χ2v) is 10.1. The molecule has 11 nitrogen and oxygen atoms in total. The number of likely N-dealkylation sites (tertiary alicyclic amines) is 1. The minimum absolute atomic E-state index is 0.00112. The van der Waals surface area contributed by atoms with Gasteiger partial charge in [-0.25, -0.2) is 27.9 Å². The quantitative estimate of drug-likeness (QED) is 0.670. The van der Waals surface area contributed by atoms with Crippen LogP contribution in [0, 0.1) is 5.41 Å². The van der Waals surface area contributed by atoms with E-state index in [-0.39, 0.29) is 26.2 Å². The second-order valence-electron chi connectivity index (χ2n) is 10.1. The van der Waals surface area contributed by atoms with Crippen molar-refractivity contribution in [1.29, 1.82) is 0 Å². The minimum atomic E-state index is -3.06. The van der Waals surface area contributed by atoms with Crippen LogP contribution in [0.5, 0.6) is 0 Å². The number of halogens is 2. The summed E-state index contributed by atoms with van der Waals surface area (Å²) in [7, 11) is 0. The van der Waals surface area contributed by atoms with E-state index < -0.39 is 47.4 Å². The van der Waals surface area contributed by atoms with E-state index in [1.54, 1.807) is 33.0 Å². The Balaban J connectivity index is 1.42. The highest BCUT2D eigenvalue weighted by Crippen LogP contribution is 2.51. The summed E-state index contributed by atoms with van der Waals surface area (Å²) in [6.07, 6.45) is 2.45. The van der Waals surface area contributed by atoms with Crippen molar-refractivity contribution in [3.63, 3.8) is 0 Å². The standard InChI is InChI=1S/C21H25F2N7O4/c1-19(2,3)34-18(33)29-9-20(10-29)8-28(11-21(20,22)23)14-6-13(27-30-5-4-24-15(14)30)12-7-25-17(32)26-16(12)31/h4-6,12H,7-11H2,1-3H3,(H2,25,26,31,32). The Morgan fingerprint density at radius 3 is 2.62 bits per heavy atom. The van der Waals surface area contributed by atoms with Gasteiger partial charge in [-0.3, -0.25) is 10.1 Å². The molecule has 3 aliphatic rings. The Kier molecular flexibility index (Phi) is 4.75. The van der Waals surface area contributed by atoms with Gasteiger partial charge in [0.25, 0.3) is 5.92 Å². The first-order valence-corrected chi connectivity index (χ1v) is 10.9. The van der Waals surface area contributed by atoms with E-state index in [0.717, 1.165) is 0 Å². The number of ether oxygens (including phenoxy) is 1. The van der Waals surface area contributed by atoms with E-state index >= 15 is 8.78 Å². The number of anilines is 1. The van der Waals surface area contributed by atoms with Crippen molar-refractivity contribution in [2.75, 3.05) is 37.6 Å². The fourth-order valence-electron chi connectivity index (χ4n) is 4.68. The number of hydrogen-bond donors (Lipinski definition) is 2. The van der Waals surface area contributed by atoms with Gasteiger partial charge in [0.2, 0.25) is 5.91 Å². The number of nitrogens with one attached hydrogen (secondary N) is 2. The van der Waals surface area contributed by atoms with Crippen LogP contribution in [-0.4, -0.2) is 81.8 Å². The SMILES string of the molecule is CC(C)(C)OC(=O)N1CC2(C1)CN(c1cc(C3CNC(=O)NC3=O)nn3ccnc13)CC2(F)F. The summed E-state index contributed by atoms with van der Waals surface area (Å²) in [5.41, 5.74) is -1.01. The molecule has 0 radical (unpaired) electrons. The van der Waals surface area contributed by atoms with Crippen LogP contribution >= 0.6 is 0 Å². The molecule has 2 aromatic rings. The number of carbonyl (C=O) groups excluding carboxylic acids is 3. The third-order valence-corrected chi connectivity index (χ3v) is 6.37. The molecule has 1 atom stereocenters. The van der Waals surface area contributed by atoms with Gasteiger partial charge in [0, 0.05) is 38.6 Å². The Morgan fingerprint density at radius 1 is 1.21 bits per heavy atom. The van der Waals surface area contributed by atoms with E-state index in [1.807, 2.05) is 0 Å². The lowest BCUT2D eigenvalue weighted by Gasteiger charge is -2.49. The fourth-order valence-corrected chi connectivity index (χ4v) is 4.68. The Hall–Kier alpha value is -3.51. The zero-order chi connectivity index (χ0) is 24.5. The van der Waals surface area contributed by atoms with Gasteiger partial charge in [0.05, 0.1) is 29.3 Å². The van der Waals surface area contributed by atoms with Gasteiger partial charge in [-0.15, -0.1) is 0 Å². The van der Waals surface area contributed by atoms with Crippen molar-refractivity contribution in [2.45, 2.75) is 38.2 Å². The van der Waals surface area contributed by atoms with E-state index in [9.17, 15) is 14.4 Å². The highest BCUT2D eigenvalue weighted by molar-refractivity contribution is 6.00. The van der Waals surface area contributed by atoms with E-state index in [0.29, 0.717) is 17.0 Å². The van der Waals surface area contributed by atoms with Crippen LogP contribution in [0.2, 0.25) is 0 Å². The lowest BCUT2D eigenvalue weighted by atomic mass is 9.76. The molecular formula is C21H25F2N7O4. The van der Waals surface area contributed by atoms with E-state index in [1.165, 1.54) is 20.5 Å². The highest BCUT2D eigenvalue weighted by Gasteiger charge is 2.67. The minimum Gasteiger partial charge on any atom is -0.444 e. The maximum atomic E-state index is 15.3.